The topological polar surface area (TPSA) is 55.1 Å². The average Bonchev–Trinajstić information content (AvgIpc) is 2.15. The molecule has 1 aromatic carbocycles. The zero-order valence-corrected chi connectivity index (χ0v) is 10.6. The maximum Gasteiger partial charge on any atom is 0.217 e. The first-order valence-electron chi connectivity index (χ1n) is 5.16. The van der Waals surface area contributed by atoms with Gasteiger partial charge in [-0.25, -0.2) is 4.39 Å². The number of hydrogen-bond donors (Lipinski definition) is 2. The van der Waals surface area contributed by atoms with Gasteiger partial charge in [-0.3, -0.25) is 4.79 Å². The van der Waals surface area contributed by atoms with Gasteiger partial charge in [-0.15, -0.1) is 0 Å². The van der Waals surface area contributed by atoms with Crippen LogP contribution in [0, 0.1) is 5.82 Å². The lowest BCUT2D eigenvalue weighted by Crippen LogP contribution is -2.55. The highest BCUT2D eigenvalue weighted by molar-refractivity contribution is 7.80. The Labute approximate surface area is 105 Å². The number of halogens is 1. The molecular weight excluding hydrogens is 239 g/mol. The van der Waals surface area contributed by atoms with Crippen LogP contribution in [0.1, 0.15) is 19.4 Å². The summed E-state index contributed by atoms with van der Waals surface area (Å²) < 4.78 is 13.1. The van der Waals surface area contributed by atoms with Gasteiger partial charge >= 0.3 is 0 Å². The van der Waals surface area contributed by atoms with Gasteiger partial charge in [0.15, 0.2) is 0 Å². The van der Waals surface area contributed by atoms with Crippen LogP contribution in [0.15, 0.2) is 24.3 Å². The van der Waals surface area contributed by atoms with Crippen LogP contribution in [0.4, 0.5) is 4.39 Å². The van der Waals surface area contributed by atoms with Crippen LogP contribution in [0.25, 0.3) is 0 Å². The average molecular weight is 254 g/mol. The van der Waals surface area contributed by atoms with Crippen LogP contribution in [0.5, 0.6) is 0 Å². The predicted octanol–water partition coefficient (Wildman–Crippen LogP) is 1.55. The van der Waals surface area contributed by atoms with E-state index in [9.17, 15) is 9.18 Å². The van der Waals surface area contributed by atoms with Gasteiger partial charge in [0, 0.05) is 13.3 Å². The van der Waals surface area contributed by atoms with E-state index in [0.717, 1.165) is 5.56 Å². The van der Waals surface area contributed by atoms with Crippen LogP contribution in [-0.2, 0) is 11.2 Å². The van der Waals surface area contributed by atoms with E-state index in [1.807, 2.05) is 0 Å². The van der Waals surface area contributed by atoms with Gasteiger partial charge in [0.2, 0.25) is 5.91 Å². The van der Waals surface area contributed by atoms with E-state index in [4.69, 9.17) is 18.0 Å². The maximum absolute atomic E-state index is 13.1. The number of nitrogens with two attached hydrogens (primary N) is 1. The van der Waals surface area contributed by atoms with Crippen molar-refractivity contribution >= 4 is 23.1 Å². The minimum Gasteiger partial charge on any atom is -0.391 e. The van der Waals surface area contributed by atoms with E-state index in [0.29, 0.717) is 6.42 Å². The number of benzene rings is 1. The summed E-state index contributed by atoms with van der Waals surface area (Å²) >= 11 is 4.95. The van der Waals surface area contributed by atoms with E-state index in [-0.39, 0.29) is 16.7 Å². The number of carbonyl (C=O) groups is 1. The smallest absolute Gasteiger partial charge is 0.217 e. The summed E-state index contributed by atoms with van der Waals surface area (Å²) in [6.07, 6.45) is 0.361. The summed E-state index contributed by atoms with van der Waals surface area (Å²) in [5, 5.41) is 2.70. The molecule has 0 radical (unpaired) electrons. The first-order chi connectivity index (χ1) is 7.83. The Morgan fingerprint density at radius 2 is 2.24 bits per heavy atom. The minimum atomic E-state index is -0.838. The first kappa shape index (κ1) is 13.6. The number of hydrogen-bond acceptors (Lipinski definition) is 2. The number of amides is 1. The van der Waals surface area contributed by atoms with Gasteiger partial charge in [0.05, 0.1) is 10.5 Å². The van der Waals surface area contributed by atoms with Crippen molar-refractivity contribution in [2.75, 3.05) is 0 Å². The van der Waals surface area contributed by atoms with E-state index in [1.54, 1.807) is 19.1 Å². The van der Waals surface area contributed by atoms with Crippen molar-refractivity contribution in [3.8, 4) is 0 Å². The Morgan fingerprint density at radius 3 is 2.71 bits per heavy atom. The third-order valence-electron chi connectivity index (χ3n) is 2.44. The fourth-order valence-electron chi connectivity index (χ4n) is 1.64. The van der Waals surface area contributed by atoms with Crippen molar-refractivity contribution in [1.82, 2.24) is 5.32 Å². The van der Waals surface area contributed by atoms with Crippen molar-refractivity contribution in [2.45, 2.75) is 25.8 Å². The van der Waals surface area contributed by atoms with Gasteiger partial charge in [-0.05, 0) is 24.6 Å². The Morgan fingerprint density at radius 1 is 1.59 bits per heavy atom. The SMILES string of the molecule is CC(=O)N[C@@](C)(Cc1cccc(F)c1)C(N)=S. The largest absolute Gasteiger partial charge is 0.391 e. The van der Waals surface area contributed by atoms with Crippen LogP contribution in [0.3, 0.4) is 0 Å². The third kappa shape index (κ3) is 3.78. The summed E-state index contributed by atoms with van der Waals surface area (Å²) in [5.74, 6) is -0.549. The normalized spacial score (nSPS) is 13.8. The van der Waals surface area contributed by atoms with Crippen molar-refractivity contribution in [3.05, 3.63) is 35.6 Å². The molecule has 0 heterocycles. The molecule has 1 atom stereocenters. The molecule has 0 saturated heterocycles. The molecule has 0 bridgehead atoms. The standard InChI is InChI=1S/C12H15FN2OS/c1-8(16)15-12(2,11(14)17)7-9-4-3-5-10(13)6-9/h3-6H,7H2,1-2H3,(H2,14,17)(H,15,16)/t12-/m0/s1. The second-order valence-electron chi connectivity index (χ2n) is 4.18. The molecule has 3 nitrogen and oxygen atoms in total. The Balaban J connectivity index is 2.94. The molecule has 5 heteroatoms. The molecule has 1 aromatic rings. The Bertz CT molecular complexity index is 450. The second-order valence-corrected chi connectivity index (χ2v) is 4.62. The highest BCUT2D eigenvalue weighted by atomic mass is 32.1. The molecule has 17 heavy (non-hydrogen) atoms. The van der Waals surface area contributed by atoms with Gasteiger partial charge in [0.25, 0.3) is 0 Å². The van der Waals surface area contributed by atoms with Gasteiger partial charge in [-0.2, -0.15) is 0 Å². The molecule has 0 spiro atoms. The highest BCUT2D eigenvalue weighted by Gasteiger charge is 2.29. The maximum atomic E-state index is 13.1. The molecule has 1 amide bonds. The Hall–Kier alpha value is -1.49. The quantitative estimate of drug-likeness (QED) is 0.802. The molecule has 0 aliphatic rings. The lowest BCUT2D eigenvalue weighted by molar-refractivity contribution is -0.120. The molecule has 3 N–H and O–H groups in total. The van der Waals surface area contributed by atoms with E-state index in [2.05, 4.69) is 5.32 Å². The number of rotatable bonds is 4. The van der Waals surface area contributed by atoms with Gasteiger partial charge < -0.3 is 11.1 Å². The summed E-state index contributed by atoms with van der Waals surface area (Å²) in [4.78, 5) is 11.3. The van der Waals surface area contributed by atoms with Crippen molar-refractivity contribution in [1.29, 1.82) is 0 Å². The molecule has 1 rings (SSSR count). The van der Waals surface area contributed by atoms with Crippen LogP contribution >= 0.6 is 12.2 Å². The Kier molecular flexibility index (Phi) is 4.17. The number of nitrogens with one attached hydrogen (secondary N) is 1. The zero-order valence-electron chi connectivity index (χ0n) is 9.79. The minimum absolute atomic E-state index is 0.178. The van der Waals surface area contributed by atoms with Crippen molar-refractivity contribution in [3.63, 3.8) is 0 Å². The summed E-state index contributed by atoms with van der Waals surface area (Å²) in [6, 6.07) is 6.14. The second kappa shape index (κ2) is 5.23. The van der Waals surface area contributed by atoms with Crippen LogP contribution in [0.2, 0.25) is 0 Å². The lowest BCUT2D eigenvalue weighted by Gasteiger charge is -2.29. The monoisotopic (exact) mass is 254 g/mol. The fourth-order valence-corrected chi connectivity index (χ4v) is 1.76. The lowest BCUT2D eigenvalue weighted by atomic mass is 9.92. The van der Waals surface area contributed by atoms with Gasteiger partial charge in [0.1, 0.15) is 5.82 Å². The molecular formula is C12H15FN2OS. The van der Waals surface area contributed by atoms with Crippen molar-refractivity contribution < 1.29 is 9.18 Å². The summed E-state index contributed by atoms with van der Waals surface area (Å²) in [5.41, 5.74) is 5.52. The van der Waals surface area contributed by atoms with E-state index < -0.39 is 5.54 Å². The van der Waals surface area contributed by atoms with Crippen LogP contribution in [-0.4, -0.2) is 16.4 Å². The molecule has 0 aliphatic heterocycles. The first-order valence-corrected chi connectivity index (χ1v) is 5.57. The van der Waals surface area contributed by atoms with E-state index in [1.165, 1.54) is 19.1 Å². The number of carbonyl (C=O) groups excluding carboxylic acids is 1. The van der Waals surface area contributed by atoms with Crippen molar-refractivity contribution in [2.24, 2.45) is 5.73 Å². The predicted molar refractivity (Wildman–Crippen MR) is 69.1 cm³/mol. The fraction of sp³-hybridized carbons (Fsp3) is 0.333. The number of thiocarbonyl (C=S) groups is 1. The molecule has 0 aromatic heterocycles. The summed E-state index contributed by atoms with van der Waals surface area (Å²) in [7, 11) is 0. The third-order valence-corrected chi connectivity index (χ3v) is 2.89. The van der Waals surface area contributed by atoms with E-state index >= 15 is 0 Å². The molecule has 0 saturated carbocycles. The molecule has 92 valence electrons. The molecule has 0 unspecified atom stereocenters. The molecule has 0 aliphatic carbocycles. The highest BCUT2D eigenvalue weighted by Crippen LogP contribution is 2.15. The molecule has 0 fully saturated rings. The van der Waals surface area contributed by atoms with Gasteiger partial charge in [-0.1, -0.05) is 24.4 Å². The summed E-state index contributed by atoms with van der Waals surface area (Å²) in [6.45, 7) is 3.11. The zero-order chi connectivity index (χ0) is 13.1. The van der Waals surface area contributed by atoms with Crippen LogP contribution < -0.4 is 11.1 Å².